The number of carboxylic acids is 1. The number of aliphatic carboxylic acids is 1. The van der Waals surface area contributed by atoms with Crippen molar-refractivity contribution in [2.75, 3.05) is 13.1 Å². The molecule has 0 radical (unpaired) electrons. The van der Waals surface area contributed by atoms with Crippen molar-refractivity contribution in [3.63, 3.8) is 0 Å². The van der Waals surface area contributed by atoms with Crippen LogP contribution in [0.5, 0.6) is 0 Å². The zero-order chi connectivity index (χ0) is 28.0. The fourth-order valence-corrected chi connectivity index (χ4v) is 5.03. The van der Waals surface area contributed by atoms with E-state index in [4.69, 9.17) is 0 Å². The van der Waals surface area contributed by atoms with Gasteiger partial charge in [-0.3, -0.25) is 24.2 Å². The second-order valence-corrected chi connectivity index (χ2v) is 11.0. The Morgan fingerprint density at radius 3 is 2.21 bits per heavy atom. The Morgan fingerprint density at radius 1 is 0.974 bits per heavy atom. The number of hydrogen-bond donors (Lipinski definition) is 5. The zero-order valence-electron chi connectivity index (χ0n) is 21.8. The van der Waals surface area contributed by atoms with Crippen molar-refractivity contribution in [2.24, 2.45) is 17.3 Å². The van der Waals surface area contributed by atoms with Crippen molar-refractivity contribution < 1.29 is 34.2 Å². The van der Waals surface area contributed by atoms with Gasteiger partial charge in [-0.05, 0) is 24.2 Å². The summed E-state index contributed by atoms with van der Waals surface area (Å²) in [4.78, 5) is 71.7. The number of carbonyl (C=O) groups is 5. The Balaban J connectivity index is 1.78. The summed E-state index contributed by atoms with van der Waals surface area (Å²) >= 11 is 0. The third kappa shape index (κ3) is 7.17. The van der Waals surface area contributed by atoms with Gasteiger partial charge in [0.05, 0.1) is 18.2 Å². The number of carbonyl (C=O) groups excluding carboxylic acids is 3. The molecule has 38 heavy (non-hydrogen) atoms. The Kier molecular flexibility index (Phi) is 9.23. The van der Waals surface area contributed by atoms with Crippen molar-refractivity contribution in [3.05, 3.63) is 24.3 Å². The van der Waals surface area contributed by atoms with E-state index in [0.717, 1.165) is 37.0 Å². The molecule has 1 saturated carbocycles. The standard InChI is InChI=1S/C25H36N6O7/c1-25(2,3)19(22(34)28-17-13-31(24(37)38)12-15(17)23(35)36)30-21(33)18(14-7-5-4-6-8-14)29-20(32)16-11-26-9-10-27-16/h9-11,14-15,17-19H,4-8,12-13H2,1-3H3,(H,28,34)(H,29,32)(H,30,33)(H,35,36)(H,37,38). The first-order valence-electron chi connectivity index (χ1n) is 12.8. The minimum atomic E-state index is -1.28. The van der Waals surface area contributed by atoms with E-state index in [1.54, 1.807) is 20.8 Å². The van der Waals surface area contributed by atoms with Crippen molar-refractivity contribution >= 4 is 29.8 Å². The molecule has 1 aromatic heterocycles. The predicted octanol–water partition coefficient (Wildman–Crippen LogP) is 0.865. The average Bonchev–Trinajstić information content (AvgIpc) is 3.30. The molecule has 0 spiro atoms. The largest absolute Gasteiger partial charge is 0.481 e. The van der Waals surface area contributed by atoms with Gasteiger partial charge in [-0.25, -0.2) is 9.78 Å². The quantitative estimate of drug-likeness (QED) is 0.323. The molecule has 0 aromatic carbocycles. The highest BCUT2D eigenvalue weighted by Crippen LogP contribution is 2.28. The first kappa shape index (κ1) is 28.8. The van der Waals surface area contributed by atoms with Crippen molar-refractivity contribution in [1.29, 1.82) is 0 Å². The summed E-state index contributed by atoms with van der Waals surface area (Å²) < 4.78 is 0. The minimum Gasteiger partial charge on any atom is -0.481 e. The van der Waals surface area contributed by atoms with E-state index in [0.29, 0.717) is 0 Å². The monoisotopic (exact) mass is 532 g/mol. The van der Waals surface area contributed by atoms with Gasteiger partial charge in [0, 0.05) is 25.5 Å². The molecule has 13 nitrogen and oxygen atoms in total. The lowest BCUT2D eigenvalue weighted by molar-refractivity contribution is -0.142. The molecule has 0 bridgehead atoms. The molecule has 2 heterocycles. The summed E-state index contributed by atoms with van der Waals surface area (Å²) in [6, 6.07) is -2.95. The van der Waals surface area contributed by atoms with Crippen LogP contribution in [0.15, 0.2) is 18.6 Å². The molecule has 5 N–H and O–H groups in total. The Hall–Kier alpha value is -3.77. The number of aromatic nitrogens is 2. The summed E-state index contributed by atoms with van der Waals surface area (Å²) in [7, 11) is 0. The second kappa shape index (κ2) is 12.2. The normalized spacial score (nSPS) is 21.7. The maximum atomic E-state index is 13.6. The molecule has 4 amide bonds. The lowest BCUT2D eigenvalue weighted by Gasteiger charge is -2.35. The number of carboxylic acid groups (broad SMARTS) is 2. The van der Waals surface area contributed by atoms with Gasteiger partial charge in [0.2, 0.25) is 11.8 Å². The van der Waals surface area contributed by atoms with Crippen LogP contribution in [0.1, 0.15) is 63.4 Å². The maximum Gasteiger partial charge on any atom is 0.407 e. The highest BCUT2D eigenvalue weighted by atomic mass is 16.4. The van der Waals surface area contributed by atoms with Crippen LogP contribution in [-0.4, -0.2) is 86.1 Å². The van der Waals surface area contributed by atoms with Crippen LogP contribution in [0.4, 0.5) is 4.79 Å². The Bertz CT molecular complexity index is 1040. The zero-order valence-corrected chi connectivity index (χ0v) is 21.8. The molecule has 1 aliphatic carbocycles. The topological polar surface area (TPSA) is 191 Å². The molecule has 4 unspecified atom stereocenters. The molecule has 1 aliphatic heterocycles. The molecule has 13 heteroatoms. The molecule has 2 aliphatic rings. The third-order valence-electron chi connectivity index (χ3n) is 7.14. The SMILES string of the molecule is CC(C)(C)C(NC(=O)C(NC(=O)c1cnccn1)C1CCCCC1)C(=O)NC1CN(C(=O)O)CC1C(=O)O. The van der Waals surface area contributed by atoms with E-state index in [-0.39, 0.29) is 24.7 Å². The van der Waals surface area contributed by atoms with Crippen molar-refractivity contribution in [2.45, 2.75) is 71.0 Å². The fourth-order valence-electron chi connectivity index (χ4n) is 5.03. The molecular formula is C25H36N6O7. The summed E-state index contributed by atoms with van der Waals surface area (Å²) in [5.41, 5.74) is -0.717. The molecule has 208 valence electrons. The van der Waals surface area contributed by atoms with Crippen LogP contribution in [0.2, 0.25) is 0 Å². The number of hydrogen-bond acceptors (Lipinski definition) is 7. The summed E-state index contributed by atoms with van der Waals surface area (Å²) in [5, 5.41) is 27.0. The van der Waals surface area contributed by atoms with E-state index in [1.165, 1.54) is 18.6 Å². The molecular weight excluding hydrogens is 496 g/mol. The van der Waals surface area contributed by atoms with E-state index in [1.807, 2.05) is 0 Å². The lowest BCUT2D eigenvalue weighted by atomic mass is 9.82. The van der Waals surface area contributed by atoms with Gasteiger partial charge < -0.3 is 31.1 Å². The summed E-state index contributed by atoms with van der Waals surface area (Å²) in [6.07, 6.45) is 7.17. The molecule has 1 aromatic rings. The fraction of sp³-hybridized carbons (Fsp3) is 0.640. The van der Waals surface area contributed by atoms with Crippen LogP contribution in [0, 0.1) is 17.3 Å². The number of rotatable bonds is 8. The number of likely N-dealkylation sites (tertiary alicyclic amines) is 1. The van der Waals surface area contributed by atoms with E-state index in [2.05, 4.69) is 25.9 Å². The summed E-state index contributed by atoms with van der Waals surface area (Å²) in [6.45, 7) is 4.82. The number of nitrogens with one attached hydrogen (secondary N) is 3. The van der Waals surface area contributed by atoms with E-state index in [9.17, 15) is 34.2 Å². The molecule has 2 fully saturated rings. The third-order valence-corrected chi connectivity index (χ3v) is 7.14. The van der Waals surface area contributed by atoms with Gasteiger partial charge in [-0.1, -0.05) is 40.0 Å². The van der Waals surface area contributed by atoms with Gasteiger partial charge in [0.1, 0.15) is 17.8 Å². The molecule has 4 atom stereocenters. The Morgan fingerprint density at radius 2 is 1.66 bits per heavy atom. The smallest absolute Gasteiger partial charge is 0.407 e. The highest BCUT2D eigenvalue weighted by Gasteiger charge is 2.43. The van der Waals surface area contributed by atoms with E-state index < -0.39 is 59.2 Å². The minimum absolute atomic E-state index is 0.0650. The highest BCUT2D eigenvalue weighted by molar-refractivity contribution is 5.97. The van der Waals surface area contributed by atoms with Crippen molar-refractivity contribution in [3.8, 4) is 0 Å². The molecule has 3 rings (SSSR count). The van der Waals surface area contributed by atoms with Crippen molar-refractivity contribution in [1.82, 2.24) is 30.8 Å². The van der Waals surface area contributed by atoms with Crippen LogP contribution < -0.4 is 16.0 Å². The first-order valence-corrected chi connectivity index (χ1v) is 12.8. The summed E-state index contributed by atoms with van der Waals surface area (Å²) in [5.74, 6) is -4.19. The van der Waals surface area contributed by atoms with Crippen LogP contribution >= 0.6 is 0 Å². The van der Waals surface area contributed by atoms with Crippen LogP contribution in [0.3, 0.4) is 0 Å². The van der Waals surface area contributed by atoms with Crippen LogP contribution in [-0.2, 0) is 14.4 Å². The average molecular weight is 533 g/mol. The van der Waals surface area contributed by atoms with Gasteiger partial charge >= 0.3 is 12.1 Å². The molecule has 1 saturated heterocycles. The number of amides is 4. The van der Waals surface area contributed by atoms with Crippen LogP contribution in [0.25, 0.3) is 0 Å². The predicted molar refractivity (Wildman–Crippen MR) is 134 cm³/mol. The first-order chi connectivity index (χ1) is 17.9. The van der Waals surface area contributed by atoms with E-state index >= 15 is 0 Å². The second-order valence-electron chi connectivity index (χ2n) is 11.0. The lowest BCUT2D eigenvalue weighted by Crippen LogP contribution is -2.61. The number of nitrogens with zero attached hydrogens (tertiary/aromatic N) is 3. The van der Waals surface area contributed by atoms with Gasteiger partial charge in [-0.2, -0.15) is 0 Å². The maximum absolute atomic E-state index is 13.6. The Labute approximate surface area is 220 Å². The van der Waals surface area contributed by atoms with Gasteiger partial charge in [0.15, 0.2) is 0 Å². The van der Waals surface area contributed by atoms with Gasteiger partial charge in [0.25, 0.3) is 5.91 Å². The van der Waals surface area contributed by atoms with Gasteiger partial charge in [-0.15, -0.1) is 0 Å².